The number of hydrogen-bond donors (Lipinski definition) is 0. The van der Waals surface area contributed by atoms with Crippen molar-refractivity contribution in [3.63, 3.8) is 0 Å². The van der Waals surface area contributed by atoms with E-state index in [1.54, 1.807) is 4.90 Å². The molecule has 1 fully saturated rings. The van der Waals surface area contributed by atoms with Gasteiger partial charge < -0.3 is 28.6 Å². The van der Waals surface area contributed by atoms with Crippen LogP contribution in [0.4, 0.5) is 4.79 Å². The summed E-state index contributed by atoms with van der Waals surface area (Å²) in [6.07, 6.45) is -1.87. The number of nitrogens with zero attached hydrogens (tertiary/aromatic N) is 2. The van der Waals surface area contributed by atoms with Gasteiger partial charge in [-0.2, -0.15) is 0 Å². The minimum atomic E-state index is -0.994. The molecule has 0 N–H and O–H groups in total. The lowest BCUT2D eigenvalue weighted by atomic mass is 10.0. The molecule has 1 aromatic rings. The Kier molecular flexibility index (Phi) is 10.1. The van der Waals surface area contributed by atoms with Gasteiger partial charge in [-0.1, -0.05) is 26.0 Å². The zero-order valence-electron chi connectivity index (χ0n) is 19.9. The number of carbonyl (C=O) groups is 2. The Morgan fingerprint density at radius 3 is 2.38 bits per heavy atom. The molecule has 0 saturated carbocycles. The largest absolute Gasteiger partial charge is 0.490 e. The highest BCUT2D eigenvalue weighted by Gasteiger charge is 2.30. The number of morpholine rings is 1. The summed E-state index contributed by atoms with van der Waals surface area (Å²) in [6.45, 7) is 9.17. The SMILES string of the molecule is CCOc1ccccc1OCC1CN(C(=O)OC(C)OC(=O)C(C(C)C)N(C)C)CCO1. The van der Waals surface area contributed by atoms with Crippen LogP contribution < -0.4 is 9.47 Å². The Morgan fingerprint density at radius 2 is 1.78 bits per heavy atom. The molecule has 2 rings (SSSR count). The predicted octanol–water partition coefficient (Wildman–Crippen LogP) is 2.78. The second-order valence-corrected chi connectivity index (χ2v) is 8.17. The summed E-state index contributed by atoms with van der Waals surface area (Å²) in [5.74, 6) is 0.925. The molecule has 9 heteroatoms. The fourth-order valence-electron chi connectivity index (χ4n) is 3.57. The van der Waals surface area contributed by atoms with Crippen molar-refractivity contribution in [1.29, 1.82) is 0 Å². The fourth-order valence-corrected chi connectivity index (χ4v) is 3.57. The Bertz CT molecular complexity index is 733. The molecular weight excluding hydrogens is 416 g/mol. The van der Waals surface area contributed by atoms with E-state index >= 15 is 0 Å². The van der Waals surface area contributed by atoms with Crippen LogP contribution in [0.1, 0.15) is 27.7 Å². The molecule has 180 valence electrons. The van der Waals surface area contributed by atoms with Crippen LogP contribution in [-0.2, 0) is 19.0 Å². The van der Waals surface area contributed by atoms with E-state index in [1.807, 2.05) is 59.1 Å². The normalized spacial score (nSPS) is 18.2. The zero-order chi connectivity index (χ0) is 23.7. The number of benzene rings is 1. The zero-order valence-corrected chi connectivity index (χ0v) is 19.9. The first-order chi connectivity index (χ1) is 15.2. The van der Waals surface area contributed by atoms with E-state index in [4.69, 9.17) is 23.7 Å². The summed E-state index contributed by atoms with van der Waals surface area (Å²) >= 11 is 0. The fraction of sp³-hybridized carbons (Fsp3) is 0.652. The maximum atomic E-state index is 12.6. The molecule has 0 bridgehead atoms. The topological polar surface area (TPSA) is 86.8 Å². The van der Waals surface area contributed by atoms with Crippen LogP contribution >= 0.6 is 0 Å². The van der Waals surface area contributed by atoms with E-state index in [0.717, 1.165) is 0 Å². The highest BCUT2D eigenvalue weighted by Crippen LogP contribution is 2.26. The molecule has 32 heavy (non-hydrogen) atoms. The van der Waals surface area contributed by atoms with Crippen molar-refractivity contribution in [2.75, 3.05) is 47.0 Å². The number of hydrogen-bond acceptors (Lipinski definition) is 8. The van der Waals surface area contributed by atoms with Gasteiger partial charge in [0.05, 0.1) is 19.8 Å². The van der Waals surface area contributed by atoms with Crippen LogP contribution in [0.15, 0.2) is 24.3 Å². The first kappa shape index (κ1) is 25.7. The molecule has 1 aromatic carbocycles. The van der Waals surface area contributed by atoms with Crippen molar-refractivity contribution in [3.8, 4) is 11.5 Å². The lowest BCUT2D eigenvalue weighted by Gasteiger charge is -2.33. The van der Waals surface area contributed by atoms with Crippen LogP contribution in [0.25, 0.3) is 0 Å². The molecule has 0 aromatic heterocycles. The summed E-state index contributed by atoms with van der Waals surface area (Å²) in [7, 11) is 3.62. The first-order valence-corrected chi connectivity index (χ1v) is 11.0. The van der Waals surface area contributed by atoms with Gasteiger partial charge in [0.15, 0.2) is 11.5 Å². The van der Waals surface area contributed by atoms with Crippen LogP contribution in [0.5, 0.6) is 11.5 Å². The molecular formula is C23H36N2O7. The van der Waals surface area contributed by atoms with E-state index < -0.39 is 24.4 Å². The third-order valence-corrected chi connectivity index (χ3v) is 4.95. The average Bonchev–Trinajstić information content (AvgIpc) is 2.72. The third kappa shape index (κ3) is 7.56. The monoisotopic (exact) mass is 452 g/mol. The third-order valence-electron chi connectivity index (χ3n) is 4.95. The van der Waals surface area contributed by atoms with Crippen LogP contribution in [0, 0.1) is 5.92 Å². The summed E-state index contributed by atoms with van der Waals surface area (Å²) in [4.78, 5) is 28.3. The smallest absolute Gasteiger partial charge is 0.413 e. The number of esters is 1. The number of ether oxygens (including phenoxy) is 5. The van der Waals surface area contributed by atoms with Gasteiger partial charge in [-0.3, -0.25) is 9.69 Å². The van der Waals surface area contributed by atoms with Gasteiger partial charge in [-0.05, 0) is 39.1 Å². The molecule has 1 amide bonds. The second-order valence-electron chi connectivity index (χ2n) is 8.17. The first-order valence-electron chi connectivity index (χ1n) is 11.0. The number of likely N-dealkylation sites (N-methyl/N-ethyl adjacent to an activating group) is 1. The average molecular weight is 453 g/mol. The molecule has 0 aliphatic carbocycles. The minimum absolute atomic E-state index is 0.0632. The van der Waals surface area contributed by atoms with Gasteiger partial charge in [0, 0.05) is 13.5 Å². The molecule has 3 atom stereocenters. The van der Waals surface area contributed by atoms with Gasteiger partial charge in [0.2, 0.25) is 6.29 Å². The Balaban J connectivity index is 1.85. The van der Waals surface area contributed by atoms with Gasteiger partial charge in [0.1, 0.15) is 18.8 Å². The van der Waals surface area contributed by atoms with Crippen LogP contribution in [-0.4, -0.2) is 87.3 Å². The molecule has 1 heterocycles. The molecule has 1 saturated heterocycles. The van der Waals surface area contributed by atoms with Gasteiger partial charge in [-0.25, -0.2) is 4.79 Å². The number of rotatable bonds is 10. The molecule has 9 nitrogen and oxygen atoms in total. The Morgan fingerprint density at radius 1 is 1.12 bits per heavy atom. The van der Waals surface area contributed by atoms with Crippen LogP contribution in [0.2, 0.25) is 0 Å². The minimum Gasteiger partial charge on any atom is -0.490 e. The van der Waals surface area contributed by atoms with E-state index in [-0.39, 0.29) is 18.6 Å². The van der Waals surface area contributed by atoms with Crippen molar-refractivity contribution >= 4 is 12.1 Å². The number of carbonyl (C=O) groups excluding carboxylic acids is 2. The van der Waals surface area contributed by atoms with E-state index in [9.17, 15) is 9.59 Å². The second kappa shape index (κ2) is 12.5. The van der Waals surface area contributed by atoms with Crippen molar-refractivity contribution in [3.05, 3.63) is 24.3 Å². The highest BCUT2D eigenvalue weighted by molar-refractivity contribution is 5.76. The number of para-hydroxylation sites is 2. The maximum absolute atomic E-state index is 12.6. The maximum Gasteiger partial charge on any atom is 0.413 e. The van der Waals surface area contributed by atoms with Crippen LogP contribution in [0.3, 0.4) is 0 Å². The molecule has 1 aliphatic heterocycles. The van der Waals surface area contributed by atoms with Gasteiger partial charge in [-0.15, -0.1) is 0 Å². The van der Waals surface area contributed by atoms with Crippen molar-refractivity contribution in [2.45, 2.75) is 46.1 Å². The van der Waals surface area contributed by atoms with E-state index in [0.29, 0.717) is 37.8 Å². The highest BCUT2D eigenvalue weighted by atomic mass is 16.7. The van der Waals surface area contributed by atoms with Gasteiger partial charge >= 0.3 is 12.1 Å². The molecule has 0 radical (unpaired) electrons. The predicted molar refractivity (Wildman–Crippen MR) is 119 cm³/mol. The van der Waals surface area contributed by atoms with Crippen molar-refractivity contribution < 1.29 is 33.3 Å². The molecule has 3 unspecified atom stereocenters. The van der Waals surface area contributed by atoms with E-state index in [2.05, 4.69) is 0 Å². The summed E-state index contributed by atoms with van der Waals surface area (Å²) in [5, 5.41) is 0. The standard InChI is InChI=1S/C23H36N2O7/c1-7-28-19-10-8-9-11-20(19)30-15-18-14-25(12-13-29-18)23(27)32-17(4)31-22(26)21(16(2)3)24(5)6/h8-11,16-18,21H,7,12-15H2,1-6H3. The van der Waals surface area contributed by atoms with Gasteiger partial charge in [0.25, 0.3) is 0 Å². The van der Waals surface area contributed by atoms with E-state index in [1.165, 1.54) is 11.8 Å². The Hall–Kier alpha value is -2.52. The summed E-state index contributed by atoms with van der Waals surface area (Å²) < 4.78 is 27.8. The quantitative estimate of drug-likeness (QED) is 0.396. The Labute approximate surface area is 190 Å². The lowest BCUT2D eigenvalue weighted by Crippen LogP contribution is -2.49. The van der Waals surface area contributed by atoms with Crippen molar-refractivity contribution in [1.82, 2.24) is 9.80 Å². The molecule has 0 spiro atoms. The van der Waals surface area contributed by atoms with Crippen molar-refractivity contribution in [2.24, 2.45) is 5.92 Å². The summed E-state index contributed by atoms with van der Waals surface area (Å²) in [5.41, 5.74) is 0. The number of amides is 1. The summed E-state index contributed by atoms with van der Waals surface area (Å²) in [6, 6.07) is 7.00. The molecule has 1 aliphatic rings. The lowest BCUT2D eigenvalue weighted by molar-refractivity contribution is -0.174.